The fourth-order valence-corrected chi connectivity index (χ4v) is 5.89. The topological polar surface area (TPSA) is 83.8 Å². The van der Waals surface area contributed by atoms with Gasteiger partial charge in [-0.15, -0.1) is 0 Å². The third kappa shape index (κ3) is 5.53. The molecule has 1 saturated heterocycles. The van der Waals surface area contributed by atoms with Gasteiger partial charge in [0.15, 0.2) is 0 Å². The number of alkyl halides is 3. The number of halogens is 3. The molecule has 2 aromatic rings. The van der Waals surface area contributed by atoms with Crippen molar-refractivity contribution in [1.82, 2.24) is 9.21 Å². The number of rotatable bonds is 6. The van der Waals surface area contributed by atoms with Crippen molar-refractivity contribution in [2.75, 3.05) is 20.1 Å². The van der Waals surface area contributed by atoms with Crippen LogP contribution in [0.3, 0.4) is 0 Å². The van der Waals surface area contributed by atoms with E-state index >= 15 is 0 Å². The highest BCUT2D eigenvalue weighted by Crippen LogP contribution is 2.31. The molecule has 180 valence electrons. The van der Waals surface area contributed by atoms with Gasteiger partial charge in [0.2, 0.25) is 10.0 Å². The van der Waals surface area contributed by atoms with Crippen molar-refractivity contribution in [3.05, 3.63) is 68.8 Å². The molecule has 3 rings (SSSR count). The second kappa shape index (κ2) is 9.40. The first-order valence-corrected chi connectivity index (χ1v) is 11.9. The lowest BCUT2D eigenvalue weighted by Gasteiger charge is -2.36. The first-order valence-electron chi connectivity index (χ1n) is 10.4. The largest absolute Gasteiger partial charge is 0.416 e. The lowest BCUT2D eigenvalue weighted by atomic mass is 10.0. The Hall–Kier alpha value is -2.50. The molecule has 0 N–H and O–H groups in total. The number of hydrogen-bond donors (Lipinski definition) is 0. The molecule has 0 amide bonds. The van der Waals surface area contributed by atoms with Crippen molar-refractivity contribution in [1.29, 1.82) is 0 Å². The Labute approximate surface area is 191 Å². The Bertz CT molecular complexity index is 1140. The van der Waals surface area contributed by atoms with Crippen molar-refractivity contribution in [3.8, 4) is 0 Å². The van der Waals surface area contributed by atoms with E-state index in [4.69, 9.17) is 0 Å². The minimum atomic E-state index is -4.41. The molecule has 7 nitrogen and oxygen atoms in total. The number of benzene rings is 2. The summed E-state index contributed by atoms with van der Waals surface area (Å²) in [7, 11) is -2.11. The first-order chi connectivity index (χ1) is 15.3. The van der Waals surface area contributed by atoms with Crippen LogP contribution in [-0.4, -0.2) is 48.7 Å². The van der Waals surface area contributed by atoms with Crippen molar-refractivity contribution in [2.24, 2.45) is 0 Å². The number of nitrogens with zero attached hydrogens (tertiary/aromatic N) is 3. The summed E-state index contributed by atoms with van der Waals surface area (Å²) >= 11 is 0. The standard InChI is InChI=1S/C22H26F3N3O4S/c1-15-11-20(28(29)30)13-21(16(15)2)33(31,32)27-9-7-19(8-10-27)26(3)14-17-5-4-6-18(12-17)22(23,24)25/h4-6,11-13,19H,7-10,14H2,1-3H3. The second-order valence-corrected chi connectivity index (χ2v) is 10.3. The molecule has 1 aliphatic heterocycles. The van der Waals surface area contributed by atoms with Gasteiger partial charge in [-0.3, -0.25) is 15.0 Å². The molecule has 0 aromatic heterocycles. The third-order valence-corrected chi connectivity index (χ3v) is 8.19. The van der Waals surface area contributed by atoms with Crippen LogP contribution in [0.1, 0.15) is 35.1 Å². The van der Waals surface area contributed by atoms with Gasteiger partial charge < -0.3 is 0 Å². The smallest absolute Gasteiger partial charge is 0.299 e. The van der Waals surface area contributed by atoms with E-state index in [9.17, 15) is 31.7 Å². The molecule has 1 fully saturated rings. The lowest BCUT2D eigenvalue weighted by Crippen LogP contribution is -2.45. The minimum absolute atomic E-state index is 0.000986. The van der Waals surface area contributed by atoms with Crippen LogP contribution in [0.4, 0.5) is 18.9 Å². The number of piperidine rings is 1. The van der Waals surface area contributed by atoms with Gasteiger partial charge in [0.05, 0.1) is 15.4 Å². The molecule has 2 aromatic carbocycles. The van der Waals surface area contributed by atoms with E-state index in [0.29, 0.717) is 36.1 Å². The van der Waals surface area contributed by atoms with Gasteiger partial charge in [0, 0.05) is 37.8 Å². The molecule has 1 heterocycles. The molecule has 0 aliphatic carbocycles. The number of sulfonamides is 1. The molecular formula is C22H26F3N3O4S. The van der Waals surface area contributed by atoms with Crippen molar-refractivity contribution >= 4 is 15.7 Å². The summed E-state index contributed by atoms with van der Waals surface area (Å²) in [4.78, 5) is 12.5. The Morgan fingerprint density at radius 3 is 2.36 bits per heavy atom. The molecule has 0 spiro atoms. The van der Waals surface area contributed by atoms with E-state index in [1.807, 2.05) is 11.9 Å². The highest BCUT2D eigenvalue weighted by Gasteiger charge is 2.34. The highest BCUT2D eigenvalue weighted by molar-refractivity contribution is 7.89. The predicted octanol–water partition coefficient (Wildman–Crippen LogP) is 4.52. The summed E-state index contributed by atoms with van der Waals surface area (Å²) in [5.41, 5.74) is 0.567. The van der Waals surface area contributed by atoms with Crippen molar-refractivity contribution in [2.45, 2.75) is 50.3 Å². The minimum Gasteiger partial charge on any atom is -0.299 e. The summed E-state index contributed by atoms with van der Waals surface area (Å²) in [5, 5.41) is 11.2. The van der Waals surface area contributed by atoms with Gasteiger partial charge in [0.25, 0.3) is 5.69 Å². The van der Waals surface area contributed by atoms with Gasteiger partial charge in [-0.2, -0.15) is 17.5 Å². The molecule has 1 aliphatic rings. The fraction of sp³-hybridized carbons (Fsp3) is 0.455. The maximum Gasteiger partial charge on any atom is 0.416 e. The zero-order valence-electron chi connectivity index (χ0n) is 18.6. The van der Waals surface area contributed by atoms with Crippen LogP contribution < -0.4 is 0 Å². The van der Waals surface area contributed by atoms with Crippen LogP contribution in [0, 0.1) is 24.0 Å². The van der Waals surface area contributed by atoms with Crippen LogP contribution in [0.25, 0.3) is 0 Å². The summed E-state index contributed by atoms with van der Waals surface area (Å²) in [6, 6.07) is 7.63. The average molecular weight is 486 g/mol. The summed E-state index contributed by atoms with van der Waals surface area (Å²) in [5.74, 6) is 0. The maximum atomic E-state index is 13.2. The SMILES string of the molecule is Cc1cc([N+](=O)[O-])cc(S(=O)(=O)N2CCC(N(C)Cc3cccc(C(F)(F)F)c3)CC2)c1C. The summed E-state index contributed by atoms with van der Waals surface area (Å²) in [6.07, 6.45) is -3.40. The maximum absolute atomic E-state index is 13.2. The molecule has 0 saturated carbocycles. The van der Waals surface area contributed by atoms with Crippen LogP contribution in [0.2, 0.25) is 0 Å². The van der Waals surface area contributed by atoms with E-state index in [-0.39, 0.29) is 29.7 Å². The normalized spacial score (nSPS) is 16.3. The van der Waals surface area contributed by atoms with Gasteiger partial charge in [-0.1, -0.05) is 18.2 Å². The third-order valence-electron chi connectivity index (χ3n) is 6.17. The molecule has 0 unspecified atom stereocenters. The Morgan fingerprint density at radius 2 is 1.79 bits per heavy atom. The van der Waals surface area contributed by atoms with Crippen LogP contribution in [0.15, 0.2) is 41.3 Å². The molecule has 0 atom stereocenters. The van der Waals surface area contributed by atoms with E-state index in [2.05, 4.69) is 0 Å². The van der Waals surface area contributed by atoms with Gasteiger partial charge in [-0.25, -0.2) is 8.42 Å². The van der Waals surface area contributed by atoms with Gasteiger partial charge in [-0.05, 0) is 56.5 Å². The first kappa shape index (κ1) is 25.1. The van der Waals surface area contributed by atoms with E-state index < -0.39 is 26.7 Å². The van der Waals surface area contributed by atoms with Crippen molar-refractivity contribution in [3.63, 3.8) is 0 Å². The van der Waals surface area contributed by atoms with Gasteiger partial charge >= 0.3 is 6.18 Å². The van der Waals surface area contributed by atoms with Crippen LogP contribution >= 0.6 is 0 Å². The molecular weight excluding hydrogens is 459 g/mol. The van der Waals surface area contributed by atoms with E-state index in [1.165, 1.54) is 16.4 Å². The Kier molecular flexibility index (Phi) is 7.15. The molecule has 33 heavy (non-hydrogen) atoms. The Morgan fingerprint density at radius 1 is 1.15 bits per heavy atom. The van der Waals surface area contributed by atoms with Gasteiger partial charge in [0.1, 0.15) is 0 Å². The zero-order chi connectivity index (χ0) is 24.6. The number of aryl methyl sites for hydroxylation is 1. The number of nitro benzene ring substituents is 1. The number of hydrogen-bond acceptors (Lipinski definition) is 5. The van der Waals surface area contributed by atoms with E-state index in [1.54, 1.807) is 19.9 Å². The zero-order valence-corrected chi connectivity index (χ0v) is 19.4. The van der Waals surface area contributed by atoms with Crippen molar-refractivity contribution < 1.29 is 26.5 Å². The highest BCUT2D eigenvalue weighted by atomic mass is 32.2. The summed E-state index contributed by atoms with van der Waals surface area (Å²) < 4.78 is 66.7. The second-order valence-electron chi connectivity index (χ2n) is 8.39. The van der Waals surface area contributed by atoms with Crippen LogP contribution in [-0.2, 0) is 22.7 Å². The van der Waals surface area contributed by atoms with Crippen LogP contribution in [0.5, 0.6) is 0 Å². The number of nitro groups is 1. The average Bonchev–Trinajstić information content (AvgIpc) is 2.75. The quantitative estimate of drug-likeness (QED) is 0.444. The van der Waals surface area contributed by atoms with E-state index in [0.717, 1.165) is 18.2 Å². The molecule has 0 radical (unpaired) electrons. The summed E-state index contributed by atoms with van der Waals surface area (Å²) in [6.45, 7) is 4.02. The molecule has 0 bridgehead atoms. The molecule has 11 heteroatoms. The number of non-ortho nitro benzene ring substituents is 1. The fourth-order valence-electron chi connectivity index (χ4n) is 4.11. The lowest BCUT2D eigenvalue weighted by molar-refractivity contribution is -0.385. The monoisotopic (exact) mass is 485 g/mol. The Balaban J connectivity index is 1.70. The predicted molar refractivity (Wildman–Crippen MR) is 117 cm³/mol.